The van der Waals surface area contributed by atoms with Gasteiger partial charge in [0.25, 0.3) is 5.56 Å². The first-order valence-corrected chi connectivity index (χ1v) is 8.15. The van der Waals surface area contributed by atoms with E-state index in [9.17, 15) is 4.79 Å². The van der Waals surface area contributed by atoms with Gasteiger partial charge in [0.1, 0.15) is 4.70 Å². The maximum atomic E-state index is 12.8. The summed E-state index contributed by atoms with van der Waals surface area (Å²) in [5.41, 5.74) is 1.88. The summed E-state index contributed by atoms with van der Waals surface area (Å²) in [5, 5.41) is 1.05. The number of rotatable bonds is 2. The Kier molecular flexibility index (Phi) is 3.17. The summed E-state index contributed by atoms with van der Waals surface area (Å²) in [5.74, 6) is 0. The van der Waals surface area contributed by atoms with E-state index in [1.807, 2.05) is 54.6 Å². The Morgan fingerprint density at radius 1 is 1.05 bits per heavy atom. The van der Waals surface area contributed by atoms with Gasteiger partial charge < -0.3 is 4.98 Å². The maximum Gasteiger partial charge on any atom is 0.272 e. The Balaban J connectivity index is 1.99. The molecule has 4 aromatic rings. The third kappa shape index (κ3) is 2.10. The molecule has 0 aliphatic rings. The molecule has 0 aliphatic carbocycles. The normalized spacial score (nSPS) is 11.3. The largest absolute Gasteiger partial charge is 0.330 e. The Hall–Kier alpha value is -2.24. The van der Waals surface area contributed by atoms with Crippen LogP contribution < -0.4 is 5.56 Å². The van der Waals surface area contributed by atoms with Gasteiger partial charge >= 0.3 is 0 Å². The molecule has 0 amide bonds. The van der Waals surface area contributed by atoms with Crippen LogP contribution in [-0.4, -0.2) is 9.55 Å². The zero-order valence-electron chi connectivity index (χ0n) is 11.6. The molecule has 0 bridgehead atoms. The van der Waals surface area contributed by atoms with E-state index in [2.05, 4.69) is 4.98 Å². The number of nitrogens with zero attached hydrogens (tertiary/aromatic N) is 1. The average molecular weight is 324 g/mol. The van der Waals surface area contributed by atoms with Crippen LogP contribution in [0.4, 0.5) is 0 Å². The third-order valence-corrected chi connectivity index (χ3v) is 5.18. The van der Waals surface area contributed by atoms with Crippen molar-refractivity contribution in [2.75, 3.05) is 0 Å². The predicted octanol–water partition coefficient (Wildman–Crippen LogP) is 4.32. The molecule has 3 nitrogen and oxygen atoms in total. The van der Waals surface area contributed by atoms with E-state index >= 15 is 0 Å². The Bertz CT molecular complexity index is 1090. The Morgan fingerprint density at radius 3 is 2.59 bits per heavy atom. The number of hydrogen-bond donors (Lipinski definition) is 1. The highest BCUT2D eigenvalue weighted by Gasteiger charge is 2.11. The van der Waals surface area contributed by atoms with Crippen molar-refractivity contribution in [1.29, 1.82) is 0 Å². The number of nitrogens with one attached hydrogen (secondary N) is 1. The molecule has 22 heavy (non-hydrogen) atoms. The molecule has 5 heteroatoms. The molecule has 2 heterocycles. The van der Waals surface area contributed by atoms with Gasteiger partial charge in [0.05, 0.1) is 12.1 Å². The van der Waals surface area contributed by atoms with Crippen LogP contribution in [0.15, 0.2) is 59.4 Å². The van der Waals surface area contributed by atoms with E-state index in [0.717, 1.165) is 25.9 Å². The highest BCUT2D eigenvalue weighted by atomic mass is 32.1. The van der Waals surface area contributed by atoms with Gasteiger partial charge in [0.2, 0.25) is 0 Å². The fraction of sp³-hybridized carbons (Fsp3) is 0.0588. The van der Waals surface area contributed by atoms with Crippen molar-refractivity contribution >= 4 is 43.9 Å². The fourth-order valence-electron chi connectivity index (χ4n) is 2.62. The van der Waals surface area contributed by atoms with E-state index in [4.69, 9.17) is 12.2 Å². The number of H-pyrrole nitrogens is 1. The molecule has 0 spiro atoms. The number of fused-ring (bicyclic) bond motifs is 3. The summed E-state index contributed by atoms with van der Waals surface area (Å²) in [6, 6.07) is 17.9. The van der Waals surface area contributed by atoms with Crippen molar-refractivity contribution in [3.05, 3.63) is 75.3 Å². The molecule has 0 saturated carbocycles. The molecule has 2 aromatic carbocycles. The summed E-state index contributed by atoms with van der Waals surface area (Å²) in [4.78, 5) is 16.0. The molecule has 0 unspecified atom stereocenters. The van der Waals surface area contributed by atoms with Gasteiger partial charge in [-0.25, -0.2) is 0 Å². The van der Waals surface area contributed by atoms with Crippen LogP contribution in [0.1, 0.15) is 5.56 Å². The minimum absolute atomic E-state index is 0.0243. The lowest BCUT2D eigenvalue weighted by Gasteiger charge is -2.06. The van der Waals surface area contributed by atoms with Gasteiger partial charge in [0, 0.05) is 10.1 Å². The zero-order chi connectivity index (χ0) is 15.1. The van der Waals surface area contributed by atoms with Crippen molar-refractivity contribution < 1.29 is 0 Å². The summed E-state index contributed by atoms with van der Waals surface area (Å²) < 4.78 is 3.91. The van der Waals surface area contributed by atoms with Gasteiger partial charge in [-0.3, -0.25) is 9.36 Å². The Morgan fingerprint density at radius 2 is 1.77 bits per heavy atom. The summed E-state index contributed by atoms with van der Waals surface area (Å²) in [6.45, 7) is 0.485. The number of aromatic amines is 1. The third-order valence-electron chi connectivity index (χ3n) is 3.70. The summed E-state index contributed by atoms with van der Waals surface area (Å²) >= 11 is 6.92. The van der Waals surface area contributed by atoms with Crippen LogP contribution >= 0.6 is 23.6 Å². The summed E-state index contributed by atoms with van der Waals surface area (Å²) in [7, 11) is 0. The highest BCUT2D eigenvalue weighted by Crippen LogP contribution is 2.29. The molecule has 108 valence electrons. The van der Waals surface area contributed by atoms with Crippen LogP contribution in [-0.2, 0) is 6.54 Å². The lowest BCUT2D eigenvalue weighted by atomic mass is 10.2. The second kappa shape index (κ2) is 5.19. The second-order valence-corrected chi connectivity index (χ2v) is 6.55. The van der Waals surface area contributed by atoms with E-state index in [1.165, 1.54) is 11.3 Å². The number of hydrogen-bond acceptors (Lipinski definition) is 3. The van der Waals surface area contributed by atoms with Crippen molar-refractivity contribution in [1.82, 2.24) is 9.55 Å². The highest BCUT2D eigenvalue weighted by molar-refractivity contribution is 7.71. The first-order valence-electron chi connectivity index (χ1n) is 6.92. The van der Waals surface area contributed by atoms with Crippen LogP contribution in [0.3, 0.4) is 0 Å². The topological polar surface area (TPSA) is 37.8 Å². The van der Waals surface area contributed by atoms with Gasteiger partial charge in [-0.15, -0.1) is 11.3 Å². The smallest absolute Gasteiger partial charge is 0.272 e. The second-order valence-electron chi connectivity index (χ2n) is 5.11. The van der Waals surface area contributed by atoms with Crippen molar-refractivity contribution in [3.8, 4) is 0 Å². The van der Waals surface area contributed by atoms with E-state index in [-0.39, 0.29) is 5.56 Å². The van der Waals surface area contributed by atoms with Crippen LogP contribution in [0.5, 0.6) is 0 Å². The van der Waals surface area contributed by atoms with Gasteiger partial charge in [0.15, 0.2) is 4.77 Å². The maximum absolute atomic E-state index is 12.8. The summed E-state index contributed by atoms with van der Waals surface area (Å²) in [6.07, 6.45) is 0. The molecule has 4 rings (SSSR count). The van der Waals surface area contributed by atoms with Crippen molar-refractivity contribution in [2.24, 2.45) is 0 Å². The number of thiophene rings is 1. The molecule has 0 radical (unpaired) electrons. The van der Waals surface area contributed by atoms with Crippen LogP contribution in [0, 0.1) is 4.77 Å². The first-order chi connectivity index (χ1) is 10.7. The monoisotopic (exact) mass is 324 g/mol. The molecule has 0 saturated heterocycles. The van der Waals surface area contributed by atoms with E-state index in [0.29, 0.717) is 11.3 Å². The Labute approximate surface area is 135 Å². The molecule has 1 N–H and O–H groups in total. The van der Waals surface area contributed by atoms with Gasteiger partial charge in [-0.05, 0) is 23.8 Å². The van der Waals surface area contributed by atoms with E-state index < -0.39 is 0 Å². The lowest BCUT2D eigenvalue weighted by molar-refractivity contribution is 0.736. The predicted molar refractivity (Wildman–Crippen MR) is 94.3 cm³/mol. The van der Waals surface area contributed by atoms with E-state index in [1.54, 1.807) is 4.57 Å². The quantitative estimate of drug-likeness (QED) is 0.558. The number of aromatic nitrogens is 2. The molecule has 2 aromatic heterocycles. The van der Waals surface area contributed by atoms with Crippen LogP contribution in [0.25, 0.3) is 20.3 Å². The van der Waals surface area contributed by atoms with Crippen molar-refractivity contribution in [2.45, 2.75) is 6.54 Å². The van der Waals surface area contributed by atoms with Gasteiger partial charge in [-0.1, -0.05) is 48.5 Å². The van der Waals surface area contributed by atoms with Crippen LogP contribution in [0.2, 0.25) is 0 Å². The number of benzene rings is 2. The molecule has 0 fully saturated rings. The fourth-order valence-corrected chi connectivity index (χ4v) is 3.98. The lowest BCUT2D eigenvalue weighted by Crippen LogP contribution is -2.21. The molecule has 0 atom stereocenters. The first kappa shape index (κ1) is 13.4. The SMILES string of the molecule is O=c1c2sc3ccccc3c2[nH]c(=S)n1Cc1ccccc1. The molecular weight excluding hydrogens is 312 g/mol. The van der Waals surface area contributed by atoms with Gasteiger partial charge in [-0.2, -0.15) is 0 Å². The molecule has 0 aliphatic heterocycles. The van der Waals surface area contributed by atoms with Crippen molar-refractivity contribution in [3.63, 3.8) is 0 Å². The minimum atomic E-state index is -0.0243. The zero-order valence-corrected chi connectivity index (χ0v) is 13.2. The average Bonchev–Trinajstić information content (AvgIpc) is 2.91. The standard InChI is InChI=1S/C17H12N2OS2/c20-16-15-14(12-8-4-5-9-13(12)22-15)18-17(21)19(16)10-11-6-2-1-3-7-11/h1-9H,10H2,(H,18,21). The molecular formula is C17H12N2OS2. The minimum Gasteiger partial charge on any atom is -0.330 e.